The molecule has 0 amide bonds. The molecule has 3 aromatic rings. The Hall–Kier alpha value is -4.05. The first kappa shape index (κ1) is 23.6. The van der Waals surface area contributed by atoms with E-state index in [1.54, 1.807) is 12.3 Å². The Bertz CT molecular complexity index is 1270. The van der Waals surface area contributed by atoms with Gasteiger partial charge in [0.2, 0.25) is 0 Å². The number of nitrogens with one attached hydrogen (secondary N) is 1. The molecule has 0 aliphatic rings. The van der Waals surface area contributed by atoms with Crippen LogP contribution in [0, 0.1) is 19.3 Å². The lowest BCUT2D eigenvalue weighted by molar-refractivity contribution is -0.109. The standard InChI is InChI=1S/C29H29N3O.H2/c1-5-22-9-7-8-20(4)29(22)23-12-10-19(3)25(15-23)26(28(33)6-2)14-21-11-13-27(32-18-21)24(16-30)17-31;/h6-18,30H,2,5,31H2,1,3-4H3;1H/b24-17+,26-14+,30-16?;. The molecule has 0 aliphatic heterocycles. The number of rotatable bonds is 8. The van der Waals surface area contributed by atoms with Crippen LogP contribution in [-0.2, 0) is 11.2 Å². The summed E-state index contributed by atoms with van der Waals surface area (Å²) in [5, 5.41) is 7.44. The summed E-state index contributed by atoms with van der Waals surface area (Å²) in [5.74, 6) is -0.151. The number of ketones is 1. The SMILES string of the molecule is C=CC(=O)/C(=C/c1ccc(/C(C=N)=C/N)nc1)c1cc(-c2c(C)cccc2CC)ccc1C.[HH]. The average Bonchev–Trinajstić information content (AvgIpc) is 2.84. The molecule has 0 aliphatic carbocycles. The number of hydrogen-bond donors (Lipinski definition) is 2. The van der Waals surface area contributed by atoms with Gasteiger partial charge in [-0.3, -0.25) is 9.78 Å². The lowest BCUT2D eigenvalue weighted by Crippen LogP contribution is -2.01. The van der Waals surface area contributed by atoms with Gasteiger partial charge in [-0.05, 0) is 83.5 Å². The molecule has 0 fully saturated rings. The minimum Gasteiger partial charge on any atom is -0.404 e. The number of benzene rings is 2. The maximum atomic E-state index is 12.9. The highest BCUT2D eigenvalue weighted by atomic mass is 16.1. The van der Waals surface area contributed by atoms with E-state index < -0.39 is 0 Å². The van der Waals surface area contributed by atoms with Gasteiger partial charge in [-0.15, -0.1) is 0 Å². The van der Waals surface area contributed by atoms with Crippen LogP contribution in [-0.4, -0.2) is 17.0 Å². The Morgan fingerprint density at radius 1 is 1.15 bits per heavy atom. The van der Waals surface area contributed by atoms with Gasteiger partial charge in [0.1, 0.15) is 0 Å². The summed E-state index contributed by atoms with van der Waals surface area (Å²) < 4.78 is 0. The predicted octanol–water partition coefficient (Wildman–Crippen LogP) is 6.42. The number of carbonyl (C=O) groups is 1. The second-order valence-electron chi connectivity index (χ2n) is 7.86. The van der Waals surface area contributed by atoms with Crippen molar-refractivity contribution in [2.45, 2.75) is 27.2 Å². The number of carbonyl (C=O) groups excluding carboxylic acids is 1. The molecular weight excluding hydrogens is 406 g/mol. The van der Waals surface area contributed by atoms with E-state index in [1.807, 2.05) is 19.1 Å². The Kier molecular flexibility index (Phi) is 7.52. The molecule has 0 unspecified atom stereocenters. The molecule has 0 radical (unpaired) electrons. The van der Waals surface area contributed by atoms with Crippen molar-refractivity contribution < 1.29 is 6.22 Å². The van der Waals surface area contributed by atoms with Gasteiger partial charge in [-0.1, -0.05) is 49.9 Å². The highest BCUT2D eigenvalue weighted by Gasteiger charge is 2.15. The maximum Gasteiger partial charge on any atom is 0.185 e. The lowest BCUT2D eigenvalue weighted by Gasteiger charge is -2.15. The zero-order chi connectivity index (χ0) is 24.0. The Balaban J connectivity index is 0.00000408. The van der Waals surface area contributed by atoms with Gasteiger partial charge in [0.25, 0.3) is 0 Å². The molecule has 3 rings (SSSR count). The van der Waals surface area contributed by atoms with Crippen molar-refractivity contribution in [1.82, 2.24) is 4.98 Å². The molecule has 0 bridgehead atoms. The van der Waals surface area contributed by atoms with Gasteiger partial charge in [-0.25, -0.2) is 0 Å². The zero-order valence-electron chi connectivity index (χ0n) is 19.4. The second kappa shape index (κ2) is 10.5. The quantitative estimate of drug-likeness (QED) is 0.315. The molecule has 0 spiro atoms. The molecule has 0 saturated heterocycles. The van der Waals surface area contributed by atoms with Crippen molar-refractivity contribution in [2.75, 3.05) is 0 Å². The van der Waals surface area contributed by atoms with Crippen molar-refractivity contribution in [3.05, 3.63) is 107 Å². The van der Waals surface area contributed by atoms with Gasteiger partial charge >= 0.3 is 0 Å². The third-order valence-electron chi connectivity index (χ3n) is 5.74. The Morgan fingerprint density at radius 3 is 2.55 bits per heavy atom. The summed E-state index contributed by atoms with van der Waals surface area (Å²) in [5.41, 5.74) is 14.7. The number of nitrogens with two attached hydrogens (primary N) is 1. The number of hydrogen-bond acceptors (Lipinski definition) is 4. The monoisotopic (exact) mass is 437 g/mol. The van der Waals surface area contributed by atoms with Crippen molar-refractivity contribution in [1.29, 1.82) is 5.41 Å². The van der Waals surface area contributed by atoms with Gasteiger partial charge in [-0.2, -0.15) is 0 Å². The first-order chi connectivity index (χ1) is 15.9. The Morgan fingerprint density at radius 2 is 1.94 bits per heavy atom. The predicted molar refractivity (Wildman–Crippen MR) is 141 cm³/mol. The molecule has 1 heterocycles. The first-order valence-corrected chi connectivity index (χ1v) is 10.9. The minimum absolute atomic E-state index is 0. The molecule has 1 aromatic heterocycles. The van der Waals surface area contributed by atoms with E-state index in [1.165, 1.54) is 29.0 Å². The molecule has 0 atom stereocenters. The van der Waals surface area contributed by atoms with Gasteiger partial charge < -0.3 is 11.1 Å². The van der Waals surface area contributed by atoms with Crippen LogP contribution in [0.25, 0.3) is 28.3 Å². The van der Waals surface area contributed by atoms with Crippen molar-refractivity contribution in [3.63, 3.8) is 0 Å². The number of nitrogens with zero attached hydrogens (tertiary/aromatic N) is 1. The number of pyridine rings is 1. The van der Waals surface area contributed by atoms with E-state index in [-0.39, 0.29) is 7.21 Å². The van der Waals surface area contributed by atoms with Crippen LogP contribution in [0.2, 0.25) is 0 Å². The fourth-order valence-electron chi connectivity index (χ4n) is 3.93. The smallest absolute Gasteiger partial charge is 0.185 e. The van der Waals surface area contributed by atoms with E-state index in [9.17, 15) is 4.79 Å². The number of aryl methyl sites for hydroxylation is 3. The van der Waals surface area contributed by atoms with Crippen molar-refractivity contribution >= 4 is 29.2 Å². The summed E-state index contributed by atoms with van der Waals surface area (Å²) in [6.07, 6.45) is 8.30. The van der Waals surface area contributed by atoms with Gasteiger partial charge in [0.05, 0.1) is 5.69 Å². The number of aromatic nitrogens is 1. The zero-order valence-corrected chi connectivity index (χ0v) is 19.4. The van der Waals surface area contributed by atoms with E-state index in [0.29, 0.717) is 16.8 Å². The summed E-state index contributed by atoms with van der Waals surface area (Å²) >= 11 is 0. The van der Waals surface area contributed by atoms with Crippen LogP contribution < -0.4 is 5.73 Å². The summed E-state index contributed by atoms with van der Waals surface area (Å²) in [6, 6.07) is 16.3. The molecule has 33 heavy (non-hydrogen) atoms. The van der Waals surface area contributed by atoms with E-state index in [4.69, 9.17) is 11.1 Å². The minimum atomic E-state index is -0.151. The number of allylic oxidation sites excluding steroid dienone is 3. The molecule has 2 aromatic carbocycles. The van der Waals surface area contributed by atoms with Crippen LogP contribution >= 0.6 is 0 Å². The third kappa shape index (κ3) is 5.07. The van der Waals surface area contributed by atoms with E-state index in [2.05, 4.69) is 61.8 Å². The lowest BCUT2D eigenvalue weighted by atomic mass is 9.88. The molecule has 4 heteroatoms. The van der Waals surface area contributed by atoms with E-state index >= 15 is 0 Å². The topological polar surface area (TPSA) is 79.8 Å². The normalized spacial score (nSPS) is 11.8. The van der Waals surface area contributed by atoms with Crippen molar-refractivity contribution in [3.8, 4) is 11.1 Å². The molecule has 3 N–H and O–H groups in total. The fourth-order valence-corrected chi connectivity index (χ4v) is 3.93. The van der Waals surface area contributed by atoms with Crippen molar-refractivity contribution in [2.24, 2.45) is 5.73 Å². The molecule has 4 nitrogen and oxygen atoms in total. The van der Waals surface area contributed by atoms with Crippen LogP contribution in [0.3, 0.4) is 0 Å². The largest absolute Gasteiger partial charge is 0.404 e. The summed E-state index contributed by atoms with van der Waals surface area (Å²) in [7, 11) is 0. The highest BCUT2D eigenvalue weighted by Crippen LogP contribution is 2.32. The fraction of sp³-hybridized carbons (Fsp3) is 0.138. The van der Waals surface area contributed by atoms with Crippen LogP contribution in [0.5, 0.6) is 0 Å². The van der Waals surface area contributed by atoms with Crippen LogP contribution in [0.1, 0.15) is 41.9 Å². The first-order valence-electron chi connectivity index (χ1n) is 10.9. The molecule has 168 valence electrons. The third-order valence-corrected chi connectivity index (χ3v) is 5.74. The van der Waals surface area contributed by atoms with Gasteiger partial charge in [0.15, 0.2) is 5.78 Å². The highest BCUT2D eigenvalue weighted by molar-refractivity contribution is 6.30. The second-order valence-corrected chi connectivity index (χ2v) is 7.86. The maximum absolute atomic E-state index is 12.9. The average molecular weight is 438 g/mol. The van der Waals surface area contributed by atoms with Crippen LogP contribution in [0.15, 0.2) is 73.6 Å². The summed E-state index contributed by atoms with van der Waals surface area (Å²) in [4.78, 5) is 17.3. The molecular formula is C29H31N3O. The van der Waals surface area contributed by atoms with Crippen LogP contribution in [0.4, 0.5) is 0 Å². The van der Waals surface area contributed by atoms with E-state index in [0.717, 1.165) is 34.9 Å². The van der Waals surface area contributed by atoms with Gasteiger partial charge in [0, 0.05) is 31.2 Å². The Labute approximate surface area is 197 Å². The summed E-state index contributed by atoms with van der Waals surface area (Å²) in [6.45, 7) is 9.98. The molecule has 0 saturated carbocycles.